The minimum atomic E-state index is 0.494. The molecule has 0 amide bonds. The molecule has 1 aliphatic carbocycles. The molecule has 0 radical (unpaired) electrons. The quantitative estimate of drug-likeness (QED) is 0.931. The SMILES string of the molecule is COc1cc(CNC2=NCC3(CCCCC3)CS2)ccn1. The van der Waals surface area contributed by atoms with E-state index in [4.69, 9.17) is 9.73 Å². The van der Waals surface area contributed by atoms with Crippen LogP contribution in [0.2, 0.25) is 0 Å². The summed E-state index contributed by atoms with van der Waals surface area (Å²) in [5.41, 5.74) is 1.66. The standard InChI is InChI=1S/C16H23N3OS/c1-20-14-9-13(5-8-17-14)10-18-15-19-11-16(12-21-15)6-3-2-4-7-16/h5,8-9H,2-4,6-7,10-12H2,1H3,(H,18,19). The summed E-state index contributed by atoms with van der Waals surface area (Å²) in [4.78, 5) is 8.91. The maximum atomic E-state index is 5.15. The van der Waals surface area contributed by atoms with Crippen LogP contribution in [-0.2, 0) is 6.54 Å². The molecule has 1 fully saturated rings. The molecule has 0 aromatic carbocycles. The van der Waals surface area contributed by atoms with Gasteiger partial charge in [-0.05, 0) is 29.9 Å². The van der Waals surface area contributed by atoms with Crippen LogP contribution in [0.25, 0.3) is 0 Å². The fourth-order valence-corrected chi connectivity index (χ4v) is 4.27. The van der Waals surface area contributed by atoms with Gasteiger partial charge in [0.15, 0.2) is 5.17 Å². The number of thioether (sulfide) groups is 1. The minimum Gasteiger partial charge on any atom is -0.481 e. The lowest BCUT2D eigenvalue weighted by molar-refractivity contribution is 0.232. The van der Waals surface area contributed by atoms with E-state index in [9.17, 15) is 0 Å². The predicted molar refractivity (Wildman–Crippen MR) is 87.9 cm³/mol. The van der Waals surface area contributed by atoms with Crippen molar-refractivity contribution in [2.24, 2.45) is 10.4 Å². The first-order valence-electron chi connectivity index (χ1n) is 7.70. The van der Waals surface area contributed by atoms with Crippen molar-refractivity contribution < 1.29 is 4.74 Å². The number of ether oxygens (including phenoxy) is 1. The van der Waals surface area contributed by atoms with Gasteiger partial charge < -0.3 is 10.1 Å². The van der Waals surface area contributed by atoms with E-state index in [0.29, 0.717) is 11.3 Å². The summed E-state index contributed by atoms with van der Waals surface area (Å²) in [6.45, 7) is 1.78. The topological polar surface area (TPSA) is 46.5 Å². The number of amidine groups is 1. The average Bonchev–Trinajstić information content (AvgIpc) is 2.55. The predicted octanol–water partition coefficient (Wildman–Crippen LogP) is 3.23. The molecular formula is C16H23N3OS. The molecule has 0 bridgehead atoms. The van der Waals surface area contributed by atoms with Crippen molar-refractivity contribution in [1.82, 2.24) is 10.3 Å². The van der Waals surface area contributed by atoms with Crippen LogP contribution >= 0.6 is 11.8 Å². The van der Waals surface area contributed by atoms with Crippen LogP contribution in [0.4, 0.5) is 0 Å². The summed E-state index contributed by atoms with van der Waals surface area (Å²) in [6.07, 6.45) is 8.68. The van der Waals surface area contributed by atoms with Crippen LogP contribution in [0.3, 0.4) is 0 Å². The van der Waals surface area contributed by atoms with E-state index >= 15 is 0 Å². The number of nitrogens with zero attached hydrogens (tertiary/aromatic N) is 2. The summed E-state index contributed by atoms with van der Waals surface area (Å²) in [5.74, 6) is 1.88. The third-order valence-electron chi connectivity index (χ3n) is 4.44. The van der Waals surface area contributed by atoms with Gasteiger partial charge in [-0.2, -0.15) is 0 Å². The van der Waals surface area contributed by atoms with Gasteiger partial charge in [0.2, 0.25) is 5.88 Å². The molecule has 21 heavy (non-hydrogen) atoms. The largest absolute Gasteiger partial charge is 0.481 e. The Hall–Kier alpha value is -1.23. The summed E-state index contributed by atoms with van der Waals surface area (Å²) < 4.78 is 5.15. The third kappa shape index (κ3) is 3.70. The van der Waals surface area contributed by atoms with Gasteiger partial charge in [0.1, 0.15) is 0 Å². The zero-order chi connectivity index (χ0) is 14.5. The molecule has 3 rings (SSSR count). The van der Waals surface area contributed by atoms with Crippen molar-refractivity contribution in [2.75, 3.05) is 19.4 Å². The highest BCUT2D eigenvalue weighted by Gasteiger charge is 2.34. The molecule has 0 saturated heterocycles. The Kier molecular flexibility index (Phi) is 4.68. The molecule has 5 heteroatoms. The molecule has 114 valence electrons. The molecule has 0 atom stereocenters. The summed E-state index contributed by atoms with van der Waals surface area (Å²) >= 11 is 1.89. The van der Waals surface area contributed by atoms with E-state index in [1.807, 2.05) is 23.9 Å². The van der Waals surface area contributed by atoms with Crippen LogP contribution < -0.4 is 10.1 Å². The van der Waals surface area contributed by atoms with Crippen molar-refractivity contribution in [1.29, 1.82) is 0 Å². The van der Waals surface area contributed by atoms with Crippen molar-refractivity contribution in [3.63, 3.8) is 0 Å². The smallest absolute Gasteiger partial charge is 0.213 e. The molecule has 1 aromatic heterocycles. The molecule has 0 unspecified atom stereocenters. The Balaban J connectivity index is 1.54. The zero-order valence-electron chi connectivity index (χ0n) is 12.6. The number of rotatable bonds is 3. The van der Waals surface area contributed by atoms with Gasteiger partial charge in [-0.1, -0.05) is 31.0 Å². The Morgan fingerprint density at radius 2 is 2.19 bits per heavy atom. The van der Waals surface area contributed by atoms with E-state index in [0.717, 1.165) is 18.3 Å². The van der Waals surface area contributed by atoms with E-state index in [-0.39, 0.29) is 0 Å². The van der Waals surface area contributed by atoms with Crippen LogP contribution in [0, 0.1) is 5.41 Å². The first-order valence-corrected chi connectivity index (χ1v) is 8.68. The molecule has 4 nitrogen and oxygen atoms in total. The summed E-state index contributed by atoms with van der Waals surface area (Å²) in [7, 11) is 1.64. The van der Waals surface area contributed by atoms with E-state index < -0.39 is 0 Å². The van der Waals surface area contributed by atoms with Gasteiger partial charge in [-0.3, -0.25) is 4.99 Å². The van der Waals surface area contributed by atoms with Gasteiger partial charge >= 0.3 is 0 Å². The third-order valence-corrected chi connectivity index (χ3v) is 5.74. The van der Waals surface area contributed by atoms with Gasteiger partial charge in [-0.15, -0.1) is 0 Å². The lowest BCUT2D eigenvalue weighted by atomic mass is 9.75. The highest BCUT2D eigenvalue weighted by molar-refractivity contribution is 8.13. The molecule has 1 saturated carbocycles. The maximum absolute atomic E-state index is 5.15. The number of nitrogens with one attached hydrogen (secondary N) is 1. The van der Waals surface area contributed by atoms with Gasteiger partial charge in [-0.25, -0.2) is 4.98 Å². The minimum absolute atomic E-state index is 0.494. The molecule has 2 aliphatic rings. The molecular weight excluding hydrogens is 282 g/mol. The van der Waals surface area contributed by atoms with Crippen LogP contribution in [0.5, 0.6) is 5.88 Å². The maximum Gasteiger partial charge on any atom is 0.213 e. The van der Waals surface area contributed by atoms with Gasteiger partial charge in [0.25, 0.3) is 0 Å². The average molecular weight is 305 g/mol. The Morgan fingerprint density at radius 1 is 1.33 bits per heavy atom. The number of aliphatic imine (C=N–C) groups is 1. The molecule has 1 N–H and O–H groups in total. The highest BCUT2D eigenvalue weighted by Crippen LogP contribution is 2.41. The van der Waals surface area contributed by atoms with E-state index in [1.54, 1.807) is 13.3 Å². The fraction of sp³-hybridized carbons (Fsp3) is 0.625. The lowest BCUT2D eigenvalue weighted by Crippen LogP contribution is -2.36. The second-order valence-electron chi connectivity index (χ2n) is 6.03. The normalized spacial score (nSPS) is 20.9. The number of hydrogen-bond donors (Lipinski definition) is 1. The van der Waals surface area contributed by atoms with Crippen molar-refractivity contribution in [2.45, 2.75) is 38.6 Å². The summed E-state index contributed by atoms with van der Waals surface area (Å²) in [6, 6.07) is 3.97. The number of pyridine rings is 1. The fourth-order valence-electron chi connectivity index (χ4n) is 3.11. The van der Waals surface area contributed by atoms with Crippen LogP contribution in [0.15, 0.2) is 23.3 Å². The van der Waals surface area contributed by atoms with E-state index in [1.165, 1.54) is 43.4 Å². The summed E-state index contributed by atoms with van der Waals surface area (Å²) in [5, 5.41) is 4.53. The van der Waals surface area contributed by atoms with Crippen LogP contribution in [0.1, 0.15) is 37.7 Å². The monoisotopic (exact) mass is 305 g/mol. The zero-order valence-corrected chi connectivity index (χ0v) is 13.4. The van der Waals surface area contributed by atoms with Crippen molar-refractivity contribution >= 4 is 16.9 Å². The Morgan fingerprint density at radius 3 is 2.90 bits per heavy atom. The molecule has 1 aliphatic heterocycles. The second-order valence-corrected chi connectivity index (χ2v) is 6.99. The highest BCUT2D eigenvalue weighted by atomic mass is 32.2. The van der Waals surface area contributed by atoms with Crippen molar-refractivity contribution in [3.8, 4) is 5.88 Å². The van der Waals surface area contributed by atoms with Gasteiger partial charge in [0.05, 0.1) is 7.11 Å². The number of methoxy groups -OCH3 is 1. The van der Waals surface area contributed by atoms with E-state index in [2.05, 4.69) is 10.3 Å². The Labute approximate surface area is 130 Å². The van der Waals surface area contributed by atoms with Gasteiger partial charge in [0, 0.05) is 31.1 Å². The van der Waals surface area contributed by atoms with Crippen molar-refractivity contribution in [3.05, 3.63) is 23.9 Å². The Bertz CT molecular complexity index is 512. The molecule has 1 aromatic rings. The molecule has 2 heterocycles. The molecule has 1 spiro atoms. The lowest BCUT2D eigenvalue weighted by Gasteiger charge is -2.38. The second kappa shape index (κ2) is 6.69. The van der Waals surface area contributed by atoms with Crippen LogP contribution in [-0.4, -0.2) is 29.6 Å². The first kappa shape index (κ1) is 14.7. The number of hydrogen-bond acceptors (Lipinski definition) is 5. The number of aromatic nitrogens is 1. The first-order chi connectivity index (χ1) is 10.3.